The van der Waals surface area contributed by atoms with Crippen LogP contribution < -0.4 is 0 Å². The van der Waals surface area contributed by atoms with Crippen molar-refractivity contribution in [1.29, 1.82) is 0 Å². The molecule has 2 aliphatic rings. The minimum absolute atomic E-state index is 0.110. The van der Waals surface area contributed by atoms with Crippen molar-refractivity contribution in [3.05, 3.63) is 47.5 Å². The van der Waals surface area contributed by atoms with Crippen LogP contribution in [0.25, 0.3) is 0 Å². The second-order valence-corrected chi connectivity index (χ2v) is 7.30. The summed E-state index contributed by atoms with van der Waals surface area (Å²) >= 11 is 0. The third kappa shape index (κ3) is 4.89. The highest BCUT2D eigenvalue weighted by Gasteiger charge is 2.32. The molecule has 1 aliphatic heterocycles. The normalized spacial score (nSPS) is 30.7. The number of hydrogen-bond acceptors (Lipinski definition) is 2. The summed E-state index contributed by atoms with van der Waals surface area (Å²) in [6.45, 7) is 3.63. The number of allylic oxidation sites excluding steroid dienone is 1. The van der Waals surface area contributed by atoms with Crippen molar-refractivity contribution in [2.45, 2.75) is 57.7 Å². The van der Waals surface area contributed by atoms with Crippen LogP contribution in [0, 0.1) is 23.5 Å². The number of ether oxygens (including phenoxy) is 2. The van der Waals surface area contributed by atoms with Crippen molar-refractivity contribution in [1.82, 2.24) is 0 Å². The van der Waals surface area contributed by atoms with Crippen molar-refractivity contribution >= 4 is 0 Å². The number of rotatable bonds is 5. The van der Waals surface area contributed by atoms with Crippen molar-refractivity contribution in [2.75, 3.05) is 13.2 Å². The van der Waals surface area contributed by atoms with Gasteiger partial charge in [0.1, 0.15) is 0 Å². The quantitative estimate of drug-likeness (QED) is 0.645. The molecule has 1 aromatic rings. The molecule has 0 spiro atoms. The lowest BCUT2D eigenvalue weighted by molar-refractivity contribution is -0.222. The molecule has 0 N–H and O–H groups in total. The van der Waals surface area contributed by atoms with E-state index in [1.54, 1.807) is 6.07 Å². The maximum Gasteiger partial charge on any atom is 0.160 e. The van der Waals surface area contributed by atoms with Gasteiger partial charge in [-0.05, 0) is 55.7 Å². The molecule has 138 valence electrons. The minimum atomic E-state index is -0.774. The van der Waals surface area contributed by atoms with Crippen LogP contribution in [0.3, 0.4) is 0 Å². The Kier molecular flexibility index (Phi) is 6.60. The van der Waals surface area contributed by atoms with Crippen LogP contribution in [0.1, 0.15) is 56.9 Å². The van der Waals surface area contributed by atoms with Gasteiger partial charge in [0.25, 0.3) is 0 Å². The van der Waals surface area contributed by atoms with E-state index in [4.69, 9.17) is 9.47 Å². The van der Waals surface area contributed by atoms with Crippen LogP contribution in [-0.2, 0) is 9.47 Å². The second kappa shape index (κ2) is 8.91. The summed E-state index contributed by atoms with van der Waals surface area (Å²) < 4.78 is 38.4. The summed E-state index contributed by atoms with van der Waals surface area (Å²) in [5.41, 5.74) is 0.906. The maximum atomic E-state index is 13.4. The first-order chi connectivity index (χ1) is 12.2. The Morgan fingerprint density at radius 2 is 1.76 bits per heavy atom. The first-order valence-electron chi connectivity index (χ1n) is 9.52. The average molecular weight is 350 g/mol. The van der Waals surface area contributed by atoms with E-state index >= 15 is 0 Å². The molecule has 0 bridgehead atoms. The first-order valence-corrected chi connectivity index (χ1v) is 9.52. The highest BCUT2D eigenvalue weighted by atomic mass is 19.2. The van der Waals surface area contributed by atoms with Gasteiger partial charge in [-0.2, -0.15) is 0 Å². The fourth-order valence-corrected chi connectivity index (χ4v) is 3.86. The van der Waals surface area contributed by atoms with Crippen LogP contribution in [-0.4, -0.2) is 19.5 Å². The number of halogens is 2. The van der Waals surface area contributed by atoms with Gasteiger partial charge in [0.2, 0.25) is 0 Å². The molecule has 2 nitrogen and oxygen atoms in total. The minimum Gasteiger partial charge on any atom is -0.352 e. The molecular weight excluding hydrogens is 322 g/mol. The van der Waals surface area contributed by atoms with E-state index in [9.17, 15) is 8.78 Å². The summed E-state index contributed by atoms with van der Waals surface area (Å²) in [5.74, 6) is -0.451. The van der Waals surface area contributed by atoms with E-state index in [-0.39, 0.29) is 6.29 Å². The highest BCUT2D eigenvalue weighted by Crippen LogP contribution is 2.39. The molecule has 0 aromatic heterocycles. The molecular formula is C21H28F2O2. The zero-order chi connectivity index (χ0) is 17.6. The van der Waals surface area contributed by atoms with Crippen molar-refractivity contribution in [2.24, 2.45) is 11.8 Å². The Balaban J connectivity index is 1.46. The Morgan fingerprint density at radius 3 is 2.40 bits per heavy atom. The van der Waals surface area contributed by atoms with Gasteiger partial charge in [0.15, 0.2) is 17.9 Å². The van der Waals surface area contributed by atoms with E-state index in [2.05, 4.69) is 19.1 Å². The van der Waals surface area contributed by atoms with Gasteiger partial charge in [0.05, 0.1) is 13.2 Å². The van der Waals surface area contributed by atoms with Gasteiger partial charge < -0.3 is 9.47 Å². The van der Waals surface area contributed by atoms with E-state index in [1.807, 2.05) is 0 Å². The lowest BCUT2D eigenvalue weighted by Crippen LogP contribution is -2.37. The topological polar surface area (TPSA) is 18.5 Å². The monoisotopic (exact) mass is 350 g/mol. The van der Waals surface area contributed by atoms with Crippen LogP contribution in [0.4, 0.5) is 8.78 Å². The fraction of sp³-hybridized carbons (Fsp3) is 0.619. The number of unbranched alkanes of at least 4 members (excludes halogenated alkanes) is 1. The predicted octanol–water partition coefficient (Wildman–Crippen LogP) is 5.58. The Hall–Kier alpha value is -1.26. The molecule has 1 aromatic carbocycles. The van der Waals surface area contributed by atoms with Crippen LogP contribution in [0.2, 0.25) is 0 Å². The van der Waals surface area contributed by atoms with Gasteiger partial charge in [-0.1, -0.05) is 31.6 Å². The third-order valence-corrected chi connectivity index (χ3v) is 5.38. The summed E-state index contributed by atoms with van der Waals surface area (Å²) in [6, 6.07) is 4.29. The van der Waals surface area contributed by atoms with Gasteiger partial charge in [-0.25, -0.2) is 8.78 Å². The van der Waals surface area contributed by atoms with E-state index in [0.717, 1.165) is 57.3 Å². The molecule has 2 fully saturated rings. The summed E-state index contributed by atoms with van der Waals surface area (Å²) in [5, 5.41) is 0. The lowest BCUT2D eigenvalue weighted by atomic mass is 9.78. The lowest BCUT2D eigenvalue weighted by Gasteiger charge is -2.37. The summed E-state index contributed by atoms with van der Waals surface area (Å²) in [6.07, 6.45) is 10.5. The molecule has 0 amide bonds. The van der Waals surface area contributed by atoms with Crippen LogP contribution in [0.15, 0.2) is 30.4 Å². The SMILES string of the molecule is CCC/C=C/[C@H]1CO[C@H](C2CCC(c3ccc(F)c(F)c3)CC2)OC1. The maximum absolute atomic E-state index is 13.4. The zero-order valence-corrected chi connectivity index (χ0v) is 14.9. The van der Waals surface area contributed by atoms with E-state index in [0.29, 0.717) is 17.8 Å². The summed E-state index contributed by atoms with van der Waals surface area (Å²) in [7, 11) is 0. The van der Waals surface area contributed by atoms with Gasteiger partial charge in [-0.3, -0.25) is 0 Å². The second-order valence-electron chi connectivity index (χ2n) is 7.30. The van der Waals surface area contributed by atoms with Crippen molar-refractivity contribution in [3.8, 4) is 0 Å². The van der Waals surface area contributed by atoms with Gasteiger partial charge in [-0.15, -0.1) is 0 Å². The Labute approximate surface area is 149 Å². The fourth-order valence-electron chi connectivity index (χ4n) is 3.86. The first kappa shape index (κ1) is 18.5. The molecule has 0 radical (unpaired) electrons. The smallest absolute Gasteiger partial charge is 0.160 e. The Bertz CT molecular complexity index is 571. The van der Waals surface area contributed by atoms with Gasteiger partial charge >= 0.3 is 0 Å². The van der Waals surface area contributed by atoms with Crippen LogP contribution >= 0.6 is 0 Å². The van der Waals surface area contributed by atoms with Crippen molar-refractivity contribution in [3.63, 3.8) is 0 Å². The zero-order valence-electron chi connectivity index (χ0n) is 14.9. The van der Waals surface area contributed by atoms with E-state index in [1.165, 1.54) is 12.1 Å². The van der Waals surface area contributed by atoms with E-state index < -0.39 is 11.6 Å². The summed E-state index contributed by atoms with van der Waals surface area (Å²) in [4.78, 5) is 0. The molecule has 1 heterocycles. The van der Waals surface area contributed by atoms with Crippen LogP contribution in [0.5, 0.6) is 0 Å². The molecule has 0 unspecified atom stereocenters. The molecule has 25 heavy (non-hydrogen) atoms. The molecule has 1 saturated heterocycles. The van der Waals surface area contributed by atoms with Crippen molar-refractivity contribution < 1.29 is 18.3 Å². The molecule has 1 saturated carbocycles. The molecule has 0 atom stereocenters. The average Bonchev–Trinajstić information content (AvgIpc) is 2.65. The highest BCUT2D eigenvalue weighted by molar-refractivity contribution is 5.22. The number of benzene rings is 1. The number of hydrogen-bond donors (Lipinski definition) is 0. The van der Waals surface area contributed by atoms with Gasteiger partial charge in [0, 0.05) is 11.8 Å². The third-order valence-electron chi connectivity index (χ3n) is 5.38. The molecule has 3 rings (SSSR count). The molecule has 4 heteroatoms. The standard InChI is InChI=1S/C21H28F2O2/c1-2-3-4-5-15-13-24-21(25-14-15)17-8-6-16(7-9-17)18-10-11-19(22)20(23)12-18/h4-5,10-12,15-17,21H,2-3,6-9,13-14H2,1H3/b5-4+/t15-,16?,17?,21-. The largest absolute Gasteiger partial charge is 0.352 e. The molecule has 1 aliphatic carbocycles. The predicted molar refractivity (Wildman–Crippen MR) is 94.3 cm³/mol. The Morgan fingerprint density at radius 1 is 1.04 bits per heavy atom.